The molecule has 1 N–H and O–H groups in total. The van der Waals surface area contributed by atoms with Crippen molar-refractivity contribution in [2.45, 2.75) is 32.9 Å². The Bertz CT molecular complexity index is 550. The van der Waals surface area contributed by atoms with Gasteiger partial charge in [-0.25, -0.2) is 4.98 Å². The monoisotopic (exact) mass is 274 g/mol. The summed E-state index contributed by atoms with van der Waals surface area (Å²) in [5.74, 6) is 0.788. The largest absolute Gasteiger partial charge is 0.489 e. The Morgan fingerprint density at radius 2 is 2.15 bits per heavy atom. The summed E-state index contributed by atoms with van der Waals surface area (Å²) in [5.41, 5.74) is 2.04. The Morgan fingerprint density at radius 3 is 2.75 bits per heavy atom. The molecule has 0 aliphatic rings. The van der Waals surface area contributed by atoms with Crippen LogP contribution in [0, 0.1) is 0 Å². The molecule has 2 aromatic rings. The van der Waals surface area contributed by atoms with Crippen LogP contribution in [0.15, 0.2) is 31.0 Å². The molecule has 2 aromatic heterocycles. The van der Waals surface area contributed by atoms with Gasteiger partial charge in [0, 0.05) is 19.4 Å². The molecule has 0 saturated carbocycles. The Kier molecular flexibility index (Phi) is 4.74. The fraction of sp³-hybridized carbons (Fsp3) is 0.467. The third kappa shape index (κ3) is 3.57. The lowest BCUT2D eigenvalue weighted by Crippen LogP contribution is -2.22. The molecule has 2 rings (SSSR count). The fourth-order valence-electron chi connectivity index (χ4n) is 2.11. The summed E-state index contributed by atoms with van der Waals surface area (Å²) in [4.78, 5) is 8.71. The normalized spacial score (nSPS) is 12.7. The summed E-state index contributed by atoms with van der Waals surface area (Å²) in [6, 6.07) is 2.05. The Morgan fingerprint density at radius 1 is 1.35 bits per heavy atom. The van der Waals surface area contributed by atoms with E-state index >= 15 is 0 Å². The minimum atomic E-state index is 0.0319. The maximum absolute atomic E-state index is 5.71. The second-order valence-electron chi connectivity index (χ2n) is 5.08. The zero-order valence-corrected chi connectivity index (χ0v) is 12.5. The number of aryl methyl sites for hydroxylation is 1. The van der Waals surface area contributed by atoms with Crippen molar-refractivity contribution in [2.75, 3.05) is 6.54 Å². The molecular formula is C15H22N4O. The molecule has 0 radical (unpaired) electrons. The maximum Gasteiger partial charge on any atom is 0.138 e. The van der Waals surface area contributed by atoms with Gasteiger partial charge in [0.15, 0.2) is 0 Å². The maximum atomic E-state index is 5.71. The highest BCUT2D eigenvalue weighted by molar-refractivity contribution is 5.30. The van der Waals surface area contributed by atoms with E-state index in [-0.39, 0.29) is 12.1 Å². The smallest absolute Gasteiger partial charge is 0.138 e. The van der Waals surface area contributed by atoms with Crippen LogP contribution >= 0.6 is 0 Å². The van der Waals surface area contributed by atoms with E-state index in [1.54, 1.807) is 6.20 Å². The lowest BCUT2D eigenvalue weighted by molar-refractivity contribution is 0.241. The number of hydrogen-bond acceptors (Lipinski definition) is 4. The molecule has 0 aliphatic carbocycles. The molecule has 1 unspecified atom stereocenters. The fourth-order valence-corrected chi connectivity index (χ4v) is 2.11. The van der Waals surface area contributed by atoms with E-state index in [1.807, 2.05) is 50.2 Å². The molecule has 0 amide bonds. The highest BCUT2D eigenvalue weighted by atomic mass is 16.5. The summed E-state index contributed by atoms with van der Waals surface area (Å²) in [5, 5.41) is 3.44. The minimum Gasteiger partial charge on any atom is -0.489 e. The predicted molar refractivity (Wildman–Crippen MR) is 78.7 cm³/mol. The first-order valence-corrected chi connectivity index (χ1v) is 6.93. The zero-order chi connectivity index (χ0) is 14.5. The number of imidazole rings is 1. The van der Waals surface area contributed by atoms with Crippen LogP contribution in [-0.4, -0.2) is 27.2 Å². The van der Waals surface area contributed by atoms with E-state index in [9.17, 15) is 0 Å². The Labute approximate surface area is 120 Å². The Hall–Kier alpha value is -1.88. The van der Waals surface area contributed by atoms with Crippen molar-refractivity contribution < 1.29 is 4.74 Å². The van der Waals surface area contributed by atoms with Gasteiger partial charge in [0.1, 0.15) is 5.75 Å². The van der Waals surface area contributed by atoms with Crippen molar-refractivity contribution in [2.24, 2.45) is 7.05 Å². The third-order valence-electron chi connectivity index (χ3n) is 2.87. The van der Waals surface area contributed by atoms with Crippen LogP contribution in [0.3, 0.4) is 0 Å². The predicted octanol–water partition coefficient (Wildman–Crippen LogP) is 2.30. The van der Waals surface area contributed by atoms with Gasteiger partial charge in [-0.15, -0.1) is 0 Å². The quantitative estimate of drug-likeness (QED) is 0.878. The van der Waals surface area contributed by atoms with Gasteiger partial charge in [-0.05, 0) is 32.0 Å². The summed E-state index contributed by atoms with van der Waals surface area (Å²) >= 11 is 0. The van der Waals surface area contributed by atoms with Gasteiger partial charge in [0.2, 0.25) is 0 Å². The van der Waals surface area contributed by atoms with E-state index in [1.165, 1.54) is 0 Å². The first-order valence-electron chi connectivity index (χ1n) is 6.93. The van der Waals surface area contributed by atoms with Crippen molar-refractivity contribution in [3.05, 3.63) is 42.2 Å². The van der Waals surface area contributed by atoms with Crippen LogP contribution in [0.1, 0.15) is 38.1 Å². The first kappa shape index (κ1) is 14.5. The average Bonchev–Trinajstić information content (AvgIpc) is 2.82. The molecule has 0 bridgehead atoms. The van der Waals surface area contributed by atoms with E-state index in [4.69, 9.17) is 4.74 Å². The molecule has 0 aliphatic heterocycles. The average molecular weight is 274 g/mol. The molecule has 0 saturated heterocycles. The molecule has 20 heavy (non-hydrogen) atoms. The standard InChI is InChI=1S/C15H22N4O/c1-5-17-15(14-9-19(4)10-18-14)12-6-13(8-16-7-12)20-11(2)3/h6-11,15,17H,5H2,1-4H3. The number of pyridine rings is 1. The van der Waals surface area contributed by atoms with Crippen LogP contribution in [0.4, 0.5) is 0 Å². The van der Waals surface area contributed by atoms with E-state index < -0.39 is 0 Å². The van der Waals surface area contributed by atoms with Crippen molar-refractivity contribution in [3.8, 4) is 5.75 Å². The van der Waals surface area contributed by atoms with Crippen molar-refractivity contribution >= 4 is 0 Å². The Balaban J connectivity index is 2.29. The molecule has 0 spiro atoms. The lowest BCUT2D eigenvalue weighted by Gasteiger charge is -2.17. The lowest BCUT2D eigenvalue weighted by atomic mass is 10.1. The second-order valence-corrected chi connectivity index (χ2v) is 5.08. The molecule has 0 aromatic carbocycles. The highest BCUT2D eigenvalue weighted by Gasteiger charge is 2.16. The SMILES string of the molecule is CCNC(c1cncc(OC(C)C)c1)c1cn(C)cn1. The van der Waals surface area contributed by atoms with Crippen LogP contribution in [0.25, 0.3) is 0 Å². The van der Waals surface area contributed by atoms with Gasteiger partial charge < -0.3 is 14.6 Å². The molecular weight excluding hydrogens is 252 g/mol. The van der Waals surface area contributed by atoms with Crippen molar-refractivity contribution in [1.29, 1.82) is 0 Å². The second kappa shape index (κ2) is 6.52. The van der Waals surface area contributed by atoms with Gasteiger partial charge >= 0.3 is 0 Å². The summed E-state index contributed by atoms with van der Waals surface area (Å²) in [6.45, 7) is 6.95. The first-order chi connectivity index (χ1) is 9.60. The van der Waals surface area contributed by atoms with E-state index in [0.717, 1.165) is 23.6 Å². The summed E-state index contributed by atoms with van der Waals surface area (Å²) < 4.78 is 7.65. The number of nitrogens with zero attached hydrogens (tertiary/aromatic N) is 3. The summed E-state index contributed by atoms with van der Waals surface area (Å²) in [7, 11) is 1.97. The van der Waals surface area contributed by atoms with Gasteiger partial charge in [0.05, 0.1) is 30.4 Å². The number of aromatic nitrogens is 3. The van der Waals surface area contributed by atoms with Gasteiger partial charge in [0.25, 0.3) is 0 Å². The van der Waals surface area contributed by atoms with E-state index in [2.05, 4.69) is 22.2 Å². The number of hydrogen-bond donors (Lipinski definition) is 1. The third-order valence-corrected chi connectivity index (χ3v) is 2.87. The molecule has 2 heterocycles. The molecule has 5 nitrogen and oxygen atoms in total. The van der Waals surface area contributed by atoms with Gasteiger partial charge in [-0.2, -0.15) is 0 Å². The molecule has 1 atom stereocenters. The molecule has 0 fully saturated rings. The minimum absolute atomic E-state index is 0.0319. The number of ether oxygens (including phenoxy) is 1. The van der Waals surface area contributed by atoms with E-state index in [0.29, 0.717) is 0 Å². The van der Waals surface area contributed by atoms with Crippen LogP contribution in [0.5, 0.6) is 5.75 Å². The topological polar surface area (TPSA) is 52.0 Å². The number of rotatable bonds is 6. The van der Waals surface area contributed by atoms with Crippen LogP contribution in [0.2, 0.25) is 0 Å². The van der Waals surface area contributed by atoms with Gasteiger partial charge in [-0.1, -0.05) is 6.92 Å². The van der Waals surface area contributed by atoms with Crippen molar-refractivity contribution in [3.63, 3.8) is 0 Å². The zero-order valence-electron chi connectivity index (χ0n) is 12.5. The van der Waals surface area contributed by atoms with Crippen LogP contribution in [-0.2, 0) is 7.05 Å². The van der Waals surface area contributed by atoms with Crippen LogP contribution < -0.4 is 10.1 Å². The van der Waals surface area contributed by atoms with Crippen molar-refractivity contribution in [1.82, 2.24) is 19.9 Å². The van der Waals surface area contributed by atoms with Gasteiger partial charge in [-0.3, -0.25) is 4.98 Å². The molecule has 108 valence electrons. The summed E-state index contributed by atoms with van der Waals surface area (Å²) in [6.07, 6.45) is 7.56. The highest BCUT2D eigenvalue weighted by Crippen LogP contribution is 2.23. The molecule has 5 heteroatoms. The number of nitrogens with one attached hydrogen (secondary N) is 1.